The van der Waals surface area contributed by atoms with Gasteiger partial charge in [-0.15, -0.1) is 0 Å². The van der Waals surface area contributed by atoms with Crippen LogP contribution in [-0.4, -0.2) is 27.9 Å². The molecule has 0 aliphatic heterocycles. The monoisotopic (exact) mass is 373 g/mol. The fraction of sp³-hybridized carbons (Fsp3) is 0.545. The molecule has 0 fully saturated rings. The molecule has 3 N–H and O–H groups in total. The standard InChI is InChI=1S/C22H31NO4/c1-14-6-5-11-22(3,4)21(14)19(26)12-15(2)23-20(27)10-8-16-7-9-17(24)13-18(16)25/h5-7,9,13-15,21,24-25H,8,10-12H2,1-4H3,(H,23,27). The Morgan fingerprint density at radius 2 is 2.00 bits per heavy atom. The Morgan fingerprint density at radius 3 is 2.63 bits per heavy atom. The molecule has 0 radical (unpaired) electrons. The largest absolute Gasteiger partial charge is 0.508 e. The summed E-state index contributed by atoms with van der Waals surface area (Å²) < 4.78 is 0. The summed E-state index contributed by atoms with van der Waals surface area (Å²) in [7, 11) is 0. The van der Waals surface area contributed by atoms with Crippen LogP contribution in [0.2, 0.25) is 0 Å². The Morgan fingerprint density at radius 1 is 1.30 bits per heavy atom. The highest BCUT2D eigenvalue weighted by molar-refractivity contribution is 5.84. The van der Waals surface area contributed by atoms with Gasteiger partial charge >= 0.3 is 0 Å². The normalized spacial score (nSPS) is 22.2. The summed E-state index contributed by atoms with van der Waals surface area (Å²) in [6.07, 6.45) is 6.06. The Hall–Kier alpha value is -2.30. The summed E-state index contributed by atoms with van der Waals surface area (Å²) in [5, 5.41) is 22.0. The number of hydrogen-bond acceptors (Lipinski definition) is 4. The highest BCUT2D eigenvalue weighted by Crippen LogP contribution is 2.41. The molecule has 2 rings (SSSR count). The van der Waals surface area contributed by atoms with Crippen molar-refractivity contribution >= 4 is 11.7 Å². The predicted molar refractivity (Wildman–Crippen MR) is 106 cm³/mol. The van der Waals surface area contributed by atoms with Crippen LogP contribution in [0.25, 0.3) is 0 Å². The van der Waals surface area contributed by atoms with Crippen LogP contribution in [0.3, 0.4) is 0 Å². The highest BCUT2D eigenvalue weighted by atomic mass is 16.3. The minimum Gasteiger partial charge on any atom is -0.508 e. The van der Waals surface area contributed by atoms with Crippen molar-refractivity contribution in [1.82, 2.24) is 5.32 Å². The van der Waals surface area contributed by atoms with Crippen molar-refractivity contribution in [2.24, 2.45) is 17.3 Å². The van der Waals surface area contributed by atoms with Crippen molar-refractivity contribution in [2.45, 2.75) is 59.4 Å². The van der Waals surface area contributed by atoms with Gasteiger partial charge in [0.15, 0.2) is 0 Å². The maximum atomic E-state index is 12.8. The van der Waals surface area contributed by atoms with Crippen LogP contribution in [-0.2, 0) is 16.0 Å². The van der Waals surface area contributed by atoms with E-state index in [1.54, 1.807) is 6.07 Å². The number of carbonyl (C=O) groups excluding carboxylic acids is 2. The molecule has 1 aliphatic rings. The lowest BCUT2D eigenvalue weighted by atomic mass is 9.65. The van der Waals surface area contributed by atoms with E-state index in [9.17, 15) is 19.8 Å². The first kappa shape index (κ1) is 21.0. The Kier molecular flexibility index (Phi) is 6.68. The quantitative estimate of drug-likeness (QED) is 0.636. The first-order valence-corrected chi connectivity index (χ1v) is 9.59. The van der Waals surface area contributed by atoms with Crippen LogP contribution in [0, 0.1) is 17.3 Å². The maximum Gasteiger partial charge on any atom is 0.220 e. The van der Waals surface area contributed by atoms with Crippen molar-refractivity contribution in [3.05, 3.63) is 35.9 Å². The average molecular weight is 373 g/mol. The van der Waals surface area contributed by atoms with Gasteiger partial charge in [-0.2, -0.15) is 0 Å². The van der Waals surface area contributed by atoms with Crippen LogP contribution >= 0.6 is 0 Å². The van der Waals surface area contributed by atoms with E-state index < -0.39 is 0 Å². The summed E-state index contributed by atoms with van der Waals surface area (Å²) in [6, 6.07) is 4.11. The lowest BCUT2D eigenvalue weighted by molar-refractivity contribution is -0.129. The zero-order valence-corrected chi connectivity index (χ0v) is 16.7. The molecule has 5 nitrogen and oxygen atoms in total. The molecule has 5 heteroatoms. The summed E-state index contributed by atoms with van der Waals surface area (Å²) in [5.41, 5.74) is 0.544. The molecular formula is C22H31NO4. The van der Waals surface area contributed by atoms with E-state index in [-0.39, 0.29) is 52.9 Å². The number of phenols is 2. The van der Waals surface area contributed by atoms with E-state index in [0.29, 0.717) is 18.4 Å². The second-order valence-electron chi connectivity index (χ2n) is 8.41. The van der Waals surface area contributed by atoms with E-state index in [4.69, 9.17) is 0 Å². The molecule has 3 unspecified atom stereocenters. The molecule has 0 spiro atoms. The third-order valence-corrected chi connectivity index (χ3v) is 5.40. The lowest BCUT2D eigenvalue weighted by Gasteiger charge is -2.39. The number of hydrogen-bond donors (Lipinski definition) is 3. The lowest BCUT2D eigenvalue weighted by Crippen LogP contribution is -2.41. The van der Waals surface area contributed by atoms with Gasteiger partial charge in [0.1, 0.15) is 17.3 Å². The Balaban J connectivity index is 1.85. The Labute approximate surface area is 161 Å². The zero-order chi connectivity index (χ0) is 20.2. The third-order valence-electron chi connectivity index (χ3n) is 5.40. The fourth-order valence-corrected chi connectivity index (χ4v) is 4.10. The van der Waals surface area contributed by atoms with Crippen LogP contribution in [0.4, 0.5) is 0 Å². The minimum absolute atomic E-state index is 0.0115. The van der Waals surface area contributed by atoms with Gasteiger partial charge in [-0.05, 0) is 42.7 Å². The fourth-order valence-electron chi connectivity index (χ4n) is 4.10. The molecule has 1 aromatic carbocycles. The number of phenolic OH excluding ortho intramolecular Hbond substituents is 2. The van der Waals surface area contributed by atoms with Crippen molar-refractivity contribution in [2.75, 3.05) is 0 Å². The molecule has 1 aromatic rings. The molecule has 0 heterocycles. The van der Waals surface area contributed by atoms with Crippen LogP contribution < -0.4 is 5.32 Å². The molecule has 1 amide bonds. The number of aromatic hydroxyl groups is 2. The SMILES string of the molecule is CC(CC(=O)C1C(C)C=CCC1(C)C)NC(=O)CCc1ccc(O)cc1O. The van der Waals surface area contributed by atoms with Gasteiger partial charge in [-0.25, -0.2) is 0 Å². The summed E-state index contributed by atoms with van der Waals surface area (Å²) in [6.45, 7) is 8.18. The van der Waals surface area contributed by atoms with Gasteiger partial charge in [0, 0.05) is 30.9 Å². The molecule has 148 valence electrons. The van der Waals surface area contributed by atoms with Crippen molar-refractivity contribution in [3.63, 3.8) is 0 Å². The first-order chi connectivity index (χ1) is 12.6. The van der Waals surface area contributed by atoms with E-state index in [0.717, 1.165) is 6.42 Å². The number of ketones is 1. The van der Waals surface area contributed by atoms with Gasteiger partial charge in [-0.1, -0.05) is 39.0 Å². The Bertz CT molecular complexity index is 723. The number of benzene rings is 1. The number of rotatable bonds is 7. The number of amides is 1. The molecule has 3 atom stereocenters. The van der Waals surface area contributed by atoms with Crippen molar-refractivity contribution in [3.8, 4) is 11.5 Å². The van der Waals surface area contributed by atoms with Crippen molar-refractivity contribution in [1.29, 1.82) is 0 Å². The molecule has 0 saturated carbocycles. The number of aryl methyl sites for hydroxylation is 1. The maximum absolute atomic E-state index is 12.8. The summed E-state index contributed by atoms with van der Waals surface area (Å²) in [4.78, 5) is 25.0. The van der Waals surface area contributed by atoms with Gasteiger partial charge < -0.3 is 15.5 Å². The van der Waals surface area contributed by atoms with Gasteiger partial charge in [0.25, 0.3) is 0 Å². The van der Waals surface area contributed by atoms with Gasteiger partial charge in [0.2, 0.25) is 5.91 Å². The second kappa shape index (κ2) is 8.59. The van der Waals surface area contributed by atoms with E-state index >= 15 is 0 Å². The number of nitrogens with one attached hydrogen (secondary N) is 1. The molecular weight excluding hydrogens is 342 g/mol. The predicted octanol–water partition coefficient (Wildman–Crippen LogP) is 3.73. The number of carbonyl (C=O) groups is 2. The molecule has 0 bridgehead atoms. The summed E-state index contributed by atoms with van der Waals surface area (Å²) >= 11 is 0. The number of allylic oxidation sites excluding steroid dienone is 2. The third kappa shape index (κ3) is 5.59. The van der Waals surface area contributed by atoms with Crippen LogP contribution in [0.5, 0.6) is 11.5 Å². The van der Waals surface area contributed by atoms with E-state index in [1.165, 1.54) is 12.1 Å². The molecule has 1 aliphatic carbocycles. The zero-order valence-electron chi connectivity index (χ0n) is 16.7. The van der Waals surface area contributed by atoms with Crippen LogP contribution in [0.1, 0.15) is 52.5 Å². The topological polar surface area (TPSA) is 86.6 Å². The number of Topliss-reactive ketones (excluding diaryl/α,β-unsaturated/α-hetero) is 1. The molecule has 27 heavy (non-hydrogen) atoms. The summed E-state index contributed by atoms with van der Waals surface area (Å²) in [5.74, 6) is 0.187. The molecule has 0 saturated heterocycles. The smallest absolute Gasteiger partial charge is 0.220 e. The average Bonchev–Trinajstić information content (AvgIpc) is 2.52. The van der Waals surface area contributed by atoms with Gasteiger partial charge in [-0.3, -0.25) is 9.59 Å². The second-order valence-corrected chi connectivity index (χ2v) is 8.41. The van der Waals surface area contributed by atoms with E-state index in [2.05, 4.69) is 38.2 Å². The van der Waals surface area contributed by atoms with E-state index in [1.807, 2.05) is 6.92 Å². The van der Waals surface area contributed by atoms with Crippen LogP contribution in [0.15, 0.2) is 30.4 Å². The first-order valence-electron chi connectivity index (χ1n) is 9.59. The highest BCUT2D eigenvalue weighted by Gasteiger charge is 2.39. The minimum atomic E-state index is -0.229. The van der Waals surface area contributed by atoms with Gasteiger partial charge in [0.05, 0.1) is 0 Å². The molecule has 0 aromatic heterocycles. The van der Waals surface area contributed by atoms with Crippen molar-refractivity contribution < 1.29 is 19.8 Å².